The Labute approximate surface area is 205 Å². The van der Waals surface area contributed by atoms with Gasteiger partial charge >= 0.3 is 0 Å². The van der Waals surface area contributed by atoms with Crippen LogP contribution in [0.5, 0.6) is 17.2 Å². The van der Waals surface area contributed by atoms with Crippen molar-refractivity contribution in [3.05, 3.63) is 53.6 Å². The second kappa shape index (κ2) is 12.1. The maximum absolute atomic E-state index is 12.3. The van der Waals surface area contributed by atoms with E-state index in [1.54, 1.807) is 18.2 Å². The third-order valence-corrected chi connectivity index (χ3v) is 6.35. The maximum Gasteiger partial charge on any atom is 0.250 e. The monoisotopic (exact) mass is 500 g/mol. The zero-order valence-electron chi connectivity index (χ0n) is 19.1. The highest BCUT2D eigenvalue weighted by atomic mass is 32.2. The molecule has 0 fully saturated rings. The van der Waals surface area contributed by atoms with E-state index in [9.17, 15) is 9.59 Å². The number of aryl methyl sites for hydroxylation is 1. The van der Waals surface area contributed by atoms with E-state index in [4.69, 9.17) is 14.2 Å². The van der Waals surface area contributed by atoms with Gasteiger partial charge in [-0.15, -0.1) is 10.2 Å². The number of benzene rings is 2. The molecule has 3 rings (SSSR count). The van der Waals surface area contributed by atoms with Gasteiger partial charge in [-0.25, -0.2) is 0 Å². The Morgan fingerprint density at radius 1 is 1.03 bits per heavy atom. The van der Waals surface area contributed by atoms with Gasteiger partial charge in [0.25, 0.3) is 0 Å². The first kappa shape index (κ1) is 25.1. The van der Waals surface area contributed by atoms with Gasteiger partial charge in [-0.1, -0.05) is 35.2 Å². The average Bonchev–Trinajstić information content (AvgIpc) is 3.27. The summed E-state index contributed by atoms with van der Waals surface area (Å²) < 4.78 is 16.5. The summed E-state index contributed by atoms with van der Waals surface area (Å²) in [5.74, 6) is 1.09. The molecule has 11 heteroatoms. The minimum atomic E-state index is -0.376. The number of anilines is 2. The summed E-state index contributed by atoms with van der Waals surface area (Å²) in [6, 6.07) is 11.0. The molecule has 178 valence electrons. The van der Waals surface area contributed by atoms with Crippen LogP contribution in [0.3, 0.4) is 0 Å². The summed E-state index contributed by atoms with van der Waals surface area (Å²) in [4.78, 5) is 24.5. The molecular weight excluding hydrogens is 476 g/mol. The number of amides is 2. The van der Waals surface area contributed by atoms with E-state index in [0.717, 1.165) is 11.3 Å². The van der Waals surface area contributed by atoms with Crippen molar-refractivity contribution < 1.29 is 23.8 Å². The highest BCUT2D eigenvalue weighted by Gasteiger charge is 2.13. The number of nitrogens with zero attached hydrogens (tertiary/aromatic N) is 2. The highest BCUT2D eigenvalue weighted by molar-refractivity contribution is 8.01. The molecule has 0 bridgehead atoms. The third-order valence-electron chi connectivity index (χ3n) is 4.38. The lowest BCUT2D eigenvalue weighted by Gasteiger charge is -2.12. The zero-order valence-corrected chi connectivity index (χ0v) is 20.7. The zero-order chi connectivity index (χ0) is 24.5. The fourth-order valence-electron chi connectivity index (χ4n) is 2.88. The first-order valence-electron chi connectivity index (χ1n) is 10.0. The third kappa shape index (κ3) is 6.96. The fraction of sp³-hybridized carbons (Fsp3) is 0.217. The van der Waals surface area contributed by atoms with Crippen LogP contribution in [0.1, 0.15) is 11.1 Å². The second-order valence-electron chi connectivity index (χ2n) is 6.86. The molecule has 0 spiro atoms. The average molecular weight is 501 g/mol. The number of thioether (sulfide) groups is 1. The predicted molar refractivity (Wildman–Crippen MR) is 134 cm³/mol. The van der Waals surface area contributed by atoms with E-state index in [2.05, 4.69) is 20.8 Å². The summed E-state index contributed by atoms with van der Waals surface area (Å²) in [5, 5.41) is 13.8. The minimum absolute atomic E-state index is 0.148. The van der Waals surface area contributed by atoms with Gasteiger partial charge in [0, 0.05) is 11.8 Å². The Balaban J connectivity index is 1.54. The molecule has 0 aliphatic carbocycles. The van der Waals surface area contributed by atoms with Crippen LogP contribution in [-0.4, -0.2) is 49.1 Å². The van der Waals surface area contributed by atoms with E-state index >= 15 is 0 Å². The number of hydrogen-bond donors (Lipinski definition) is 2. The molecule has 0 aliphatic rings. The van der Waals surface area contributed by atoms with Crippen LogP contribution in [0.2, 0.25) is 0 Å². The molecule has 1 aromatic heterocycles. The molecule has 0 saturated carbocycles. The molecule has 3 aromatic rings. The number of aromatic nitrogens is 2. The minimum Gasteiger partial charge on any atom is -0.493 e. The SMILES string of the molecule is COc1cc(/C=C/C(=O)Nc2nnc(SCC(=O)Nc3cccc(C)c3)s2)cc(OC)c1OC. The molecule has 0 saturated heterocycles. The van der Waals surface area contributed by atoms with Crippen molar-refractivity contribution in [2.75, 3.05) is 37.7 Å². The Morgan fingerprint density at radius 2 is 1.76 bits per heavy atom. The van der Waals surface area contributed by atoms with Crippen molar-refractivity contribution in [1.82, 2.24) is 10.2 Å². The molecule has 0 unspecified atom stereocenters. The van der Waals surface area contributed by atoms with Crippen LogP contribution in [0.25, 0.3) is 6.08 Å². The molecular formula is C23H24N4O5S2. The number of nitrogens with one attached hydrogen (secondary N) is 2. The highest BCUT2D eigenvalue weighted by Crippen LogP contribution is 2.38. The van der Waals surface area contributed by atoms with Crippen molar-refractivity contribution >= 4 is 51.8 Å². The molecule has 9 nitrogen and oxygen atoms in total. The Kier molecular flexibility index (Phi) is 8.88. The first-order valence-corrected chi connectivity index (χ1v) is 11.8. The second-order valence-corrected chi connectivity index (χ2v) is 9.06. The van der Waals surface area contributed by atoms with Gasteiger partial charge in [0.2, 0.25) is 22.7 Å². The predicted octanol–water partition coefficient (Wildman–Crippen LogP) is 4.26. The van der Waals surface area contributed by atoms with Crippen LogP contribution >= 0.6 is 23.1 Å². The van der Waals surface area contributed by atoms with Crippen molar-refractivity contribution in [3.63, 3.8) is 0 Å². The normalized spacial score (nSPS) is 10.7. The van der Waals surface area contributed by atoms with Crippen LogP contribution in [0.15, 0.2) is 46.8 Å². The summed E-state index contributed by atoms with van der Waals surface area (Å²) in [6.45, 7) is 1.96. The van der Waals surface area contributed by atoms with E-state index in [0.29, 0.717) is 32.3 Å². The van der Waals surface area contributed by atoms with Gasteiger partial charge < -0.3 is 19.5 Å². The molecule has 1 heterocycles. The van der Waals surface area contributed by atoms with Gasteiger partial charge in [0.05, 0.1) is 27.1 Å². The number of ether oxygens (including phenoxy) is 3. The van der Waals surface area contributed by atoms with Crippen LogP contribution in [-0.2, 0) is 9.59 Å². The smallest absolute Gasteiger partial charge is 0.250 e. The van der Waals surface area contributed by atoms with Gasteiger partial charge in [0.15, 0.2) is 15.8 Å². The summed E-state index contributed by atoms with van der Waals surface area (Å²) in [6.07, 6.45) is 2.98. The number of hydrogen-bond acceptors (Lipinski definition) is 9. The molecule has 0 atom stereocenters. The van der Waals surface area contributed by atoms with Crippen molar-refractivity contribution in [3.8, 4) is 17.2 Å². The van der Waals surface area contributed by atoms with E-state index < -0.39 is 0 Å². The van der Waals surface area contributed by atoms with Crippen LogP contribution in [0.4, 0.5) is 10.8 Å². The number of carbonyl (C=O) groups excluding carboxylic acids is 2. The molecule has 0 aliphatic heterocycles. The molecule has 34 heavy (non-hydrogen) atoms. The maximum atomic E-state index is 12.3. The van der Waals surface area contributed by atoms with Crippen LogP contribution < -0.4 is 24.8 Å². The number of methoxy groups -OCH3 is 3. The summed E-state index contributed by atoms with van der Waals surface area (Å²) in [7, 11) is 4.57. The molecule has 2 aromatic carbocycles. The lowest BCUT2D eigenvalue weighted by Crippen LogP contribution is -2.13. The molecule has 0 radical (unpaired) electrons. The van der Waals surface area contributed by atoms with E-state index in [1.165, 1.54) is 50.5 Å². The van der Waals surface area contributed by atoms with Gasteiger partial charge in [0.1, 0.15) is 0 Å². The summed E-state index contributed by atoms with van der Waals surface area (Å²) in [5.41, 5.74) is 2.50. The van der Waals surface area contributed by atoms with Gasteiger partial charge in [-0.3, -0.25) is 14.9 Å². The Morgan fingerprint density at radius 3 is 2.41 bits per heavy atom. The quantitative estimate of drug-likeness (QED) is 0.241. The molecule has 2 amide bonds. The van der Waals surface area contributed by atoms with Crippen molar-refractivity contribution in [1.29, 1.82) is 0 Å². The topological polar surface area (TPSA) is 112 Å². The number of rotatable bonds is 10. The van der Waals surface area contributed by atoms with Crippen LogP contribution in [0, 0.1) is 6.92 Å². The summed E-state index contributed by atoms with van der Waals surface area (Å²) >= 11 is 2.43. The van der Waals surface area contributed by atoms with E-state index in [1.807, 2.05) is 31.2 Å². The largest absolute Gasteiger partial charge is 0.493 e. The Hall–Kier alpha value is -3.57. The van der Waals surface area contributed by atoms with Crippen molar-refractivity contribution in [2.45, 2.75) is 11.3 Å². The standard InChI is InChI=1S/C23H24N4O5S2/c1-14-6-5-7-16(10-14)24-20(29)13-33-23-27-26-22(34-23)25-19(28)9-8-15-11-17(30-2)21(32-4)18(12-15)31-3/h5-12H,13H2,1-4H3,(H,24,29)(H,25,26,28)/b9-8+. The number of carbonyl (C=O) groups is 2. The van der Waals surface area contributed by atoms with E-state index in [-0.39, 0.29) is 17.6 Å². The van der Waals surface area contributed by atoms with Gasteiger partial charge in [-0.05, 0) is 48.4 Å². The lowest BCUT2D eigenvalue weighted by atomic mass is 10.1. The van der Waals surface area contributed by atoms with Crippen molar-refractivity contribution in [2.24, 2.45) is 0 Å². The fourth-order valence-corrected chi connectivity index (χ4v) is 4.44. The first-order chi connectivity index (χ1) is 16.4. The van der Waals surface area contributed by atoms with Gasteiger partial charge in [-0.2, -0.15) is 0 Å². The Bertz CT molecular complexity index is 1170. The lowest BCUT2D eigenvalue weighted by molar-refractivity contribution is -0.114. The molecule has 2 N–H and O–H groups in total.